The zero-order valence-corrected chi connectivity index (χ0v) is 16.6. The Kier molecular flexibility index (Phi) is 6.27. The van der Waals surface area contributed by atoms with Crippen molar-refractivity contribution >= 4 is 14.0 Å². The highest BCUT2D eigenvalue weighted by atomic mass is 28.3. The number of hydrogen-bond acceptors (Lipinski definition) is 5. The maximum atomic E-state index is 13.6. The molecule has 0 aliphatic rings. The Hall–Kier alpha value is -2.39. The van der Waals surface area contributed by atoms with Crippen LogP contribution in [0.2, 0.25) is 25.7 Å². The van der Waals surface area contributed by atoms with Gasteiger partial charge in [0.2, 0.25) is 0 Å². The van der Waals surface area contributed by atoms with Crippen molar-refractivity contribution in [3.05, 3.63) is 51.6 Å². The summed E-state index contributed by atoms with van der Waals surface area (Å²) in [5, 5.41) is 10.6. The second kappa shape index (κ2) is 8.09. The lowest BCUT2D eigenvalue weighted by molar-refractivity contribution is 0.0591. The molecule has 0 spiro atoms. The second-order valence-corrected chi connectivity index (χ2v) is 13.0. The number of aromatic amines is 1. The number of aromatic nitrogens is 2. The molecule has 0 bridgehead atoms. The zero-order valence-electron chi connectivity index (χ0n) is 15.6. The number of aliphatic hydroxyl groups is 1. The number of carbonyl (C=O) groups is 1. The maximum Gasteiger partial charge on any atom is 0.345 e. The van der Waals surface area contributed by atoms with E-state index in [0.29, 0.717) is 6.42 Å². The highest BCUT2D eigenvalue weighted by Gasteiger charge is 2.27. The van der Waals surface area contributed by atoms with E-state index in [4.69, 9.17) is 4.74 Å². The molecule has 0 aliphatic carbocycles. The molecule has 0 aliphatic heterocycles. The number of rotatable bonds is 6. The fraction of sp³-hybridized carbons (Fsp3) is 0.389. The highest BCUT2D eigenvalue weighted by molar-refractivity contribution is 6.76. The molecule has 2 rings (SSSR count). The first kappa shape index (κ1) is 20.9. The Balaban J connectivity index is 2.63. The molecule has 27 heavy (non-hydrogen) atoms. The number of methoxy groups -OCH3 is 1. The summed E-state index contributed by atoms with van der Waals surface area (Å²) in [4.78, 5) is 30.5. The van der Waals surface area contributed by atoms with Gasteiger partial charge in [0, 0.05) is 13.6 Å². The molecule has 146 valence electrons. The van der Waals surface area contributed by atoms with Crippen LogP contribution in [0.5, 0.6) is 0 Å². The fourth-order valence-electron chi connectivity index (χ4n) is 2.62. The van der Waals surface area contributed by atoms with E-state index in [1.165, 1.54) is 6.07 Å². The van der Waals surface area contributed by atoms with Gasteiger partial charge in [-0.05, 0) is 24.6 Å². The summed E-state index contributed by atoms with van der Waals surface area (Å²) in [5.74, 6) is -3.06. The fourth-order valence-corrected chi connectivity index (χ4v) is 3.76. The van der Waals surface area contributed by atoms with E-state index in [1.807, 2.05) is 0 Å². The van der Waals surface area contributed by atoms with Crippen LogP contribution in [0, 0.1) is 11.6 Å². The van der Waals surface area contributed by atoms with Gasteiger partial charge in [0.15, 0.2) is 11.6 Å². The molecule has 2 N–H and O–H groups in total. The number of H-pyrrole nitrogens is 1. The molecule has 0 saturated carbocycles. The number of nitrogens with zero attached hydrogens (tertiary/aromatic N) is 1. The van der Waals surface area contributed by atoms with Crippen LogP contribution in [0.1, 0.15) is 28.6 Å². The quantitative estimate of drug-likeness (QED) is 0.578. The minimum atomic E-state index is -1.49. The molecule has 0 amide bonds. The Bertz CT molecular complexity index is 909. The first-order valence-electron chi connectivity index (χ1n) is 8.39. The maximum absolute atomic E-state index is 13.6. The molecule has 9 heteroatoms. The third-order valence-corrected chi connectivity index (χ3v) is 5.83. The number of ether oxygens (including phenoxy) is 1. The molecule has 1 aromatic carbocycles. The number of esters is 1. The number of nitrogens with one attached hydrogen (secondary N) is 1. The van der Waals surface area contributed by atoms with Crippen LogP contribution in [0.25, 0.3) is 11.3 Å². The van der Waals surface area contributed by atoms with Crippen LogP contribution in [0.3, 0.4) is 0 Å². The van der Waals surface area contributed by atoms with E-state index in [-0.39, 0.29) is 22.5 Å². The summed E-state index contributed by atoms with van der Waals surface area (Å²) in [5.41, 5.74) is -1.18. The number of hydrogen-bond donors (Lipinski definition) is 2. The van der Waals surface area contributed by atoms with Gasteiger partial charge < -0.3 is 14.8 Å². The molecule has 0 saturated heterocycles. The van der Waals surface area contributed by atoms with Crippen LogP contribution in [0.15, 0.2) is 23.0 Å². The average molecular weight is 396 g/mol. The summed E-state index contributed by atoms with van der Waals surface area (Å²) in [7, 11) is -0.346. The van der Waals surface area contributed by atoms with Crippen molar-refractivity contribution in [3.8, 4) is 11.3 Å². The molecule has 6 nitrogen and oxygen atoms in total. The first-order chi connectivity index (χ1) is 12.5. The Labute approximate surface area is 156 Å². The van der Waals surface area contributed by atoms with Crippen molar-refractivity contribution in [2.24, 2.45) is 0 Å². The van der Waals surface area contributed by atoms with Gasteiger partial charge >= 0.3 is 11.7 Å². The summed E-state index contributed by atoms with van der Waals surface area (Å²) >= 11 is 0. The minimum Gasteiger partial charge on any atom is -0.465 e. The predicted octanol–water partition coefficient (Wildman–Crippen LogP) is 3.26. The largest absolute Gasteiger partial charge is 0.465 e. The van der Waals surface area contributed by atoms with Gasteiger partial charge in [0.1, 0.15) is 5.56 Å². The Morgan fingerprint density at radius 2 is 1.96 bits per heavy atom. The summed E-state index contributed by atoms with van der Waals surface area (Å²) in [6.45, 7) is 6.38. The zero-order chi connectivity index (χ0) is 20.4. The molecule has 1 aromatic heterocycles. The lowest BCUT2D eigenvalue weighted by atomic mass is 10.0. The van der Waals surface area contributed by atoms with Gasteiger partial charge in [-0.15, -0.1) is 0 Å². The monoisotopic (exact) mass is 396 g/mol. The average Bonchev–Trinajstić information content (AvgIpc) is 2.60. The SMILES string of the molecule is COC(=O)c1c(-c2ccc(F)c(F)c2)nc(=O)[nH]c1C(O)CC[Si](C)(C)C. The molecule has 1 atom stereocenters. The van der Waals surface area contributed by atoms with E-state index < -0.39 is 37.5 Å². The Morgan fingerprint density at radius 1 is 1.30 bits per heavy atom. The van der Waals surface area contributed by atoms with Crippen LogP contribution >= 0.6 is 0 Å². The lowest BCUT2D eigenvalue weighted by Crippen LogP contribution is -2.25. The van der Waals surface area contributed by atoms with Crippen molar-refractivity contribution in [1.29, 1.82) is 0 Å². The van der Waals surface area contributed by atoms with E-state index >= 15 is 0 Å². The molecule has 0 radical (unpaired) electrons. The van der Waals surface area contributed by atoms with E-state index in [1.54, 1.807) is 0 Å². The van der Waals surface area contributed by atoms with Crippen LogP contribution in [-0.4, -0.2) is 36.2 Å². The van der Waals surface area contributed by atoms with Gasteiger partial charge in [-0.2, -0.15) is 4.98 Å². The molecule has 1 unspecified atom stereocenters. The molecule has 0 fully saturated rings. The van der Waals surface area contributed by atoms with E-state index in [9.17, 15) is 23.5 Å². The van der Waals surface area contributed by atoms with Crippen molar-refractivity contribution < 1.29 is 23.4 Å². The molecular weight excluding hydrogens is 374 g/mol. The third kappa shape index (κ3) is 5.07. The van der Waals surface area contributed by atoms with Gasteiger partial charge in [0.25, 0.3) is 0 Å². The molecule has 2 aromatic rings. The number of aliphatic hydroxyl groups excluding tert-OH is 1. The van der Waals surface area contributed by atoms with E-state index in [2.05, 4.69) is 29.6 Å². The van der Waals surface area contributed by atoms with Crippen molar-refractivity contribution in [2.75, 3.05) is 7.11 Å². The van der Waals surface area contributed by atoms with Crippen LogP contribution < -0.4 is 5.69 Å². The van der Waals surface area contributed by atoms with Gasteiger partial charge in [-0.3, -0.25) is 0 Å². The van der Waals surface area contributed by atoms with E-state index in [0.717, 1.165) is 25.3 Å². The molecular formula is C18H22F2N2O4Si. The standard InChI is InChI=1S/C18H22F2N2O4Si/c1-26-17(24)14-15(10-5-6-11(19)12(20)9-10)21-18(25)22-16(14)13(23)7-8-27(2,3)4/h5-6,9,13,23H,7-8H2,1-4H3,(H,21,22,25). The highest BCUT2D eigenvalue weighted by Crippen LogP contribution is 2.30. The van der Waals surface area contributed by atoms with Gasteiger partial charge in [-0.25, -0.2) is 18.4 Å². The van der Waals surface area contributed by atoms with Crippen molar-refractivity contribution in [2.45, 2.75) is 38.2 Å². The predicted molar refractivity (Wildman–Crippen MR) is 99.3 cm³/mol. The number of halogens is 2. The first-order valence-corrected chi connectivity index (χ1v) is 12.1. The Morgan fingerprint density at radius 3 is 2.52 bits per heavy atom. The third-order valence-electron chi connectivity index (χ3n) is 4.04. The van der Waals surface area contributed by atoms with Crippen LogP contribution in [0.4, 0.5) is 8.78 Å². The van der Waals surface area contributed by atoms with Crippen molar-refractivity contribution in [3.63, 3.8) is 0 Å². The van der Waals surface area contributed by atoms with Gasteiger partial charge in [-0.1, -0.05) is 25.7 Å². The minimum absolute atomic E-state index is 0.0269. The summed E-state index contributed by atoms with van der Waals surface area (Å²) < 4.78 is 31.6. The second-order valence-electron chi connectivity index (χ2n) is 7.41. The molecule has 1 heterocycles. The number of carbonyl (C=O) groups excluding carboxylic acids is 1. The smallest absolute Gasteiger partial charge is 0.345 e. The topological polar surface area (TPSA) is 92.3 Å². The van der Waals surface area contributed by atoms with Crippen molar-refractivity contribution in [1.82, 2.24) is 9.97 Å². The number of benzene rings is 1. The van der Waals surface area contributed by atoms with Crippen LogP contribution in [-0.2, 0) is 4.74 Å². The summed E-state index contributed by atoms with van der Waals surface area (Å²) in [6.07, 6.45) is -0.803. The lowest BCUT2D eigenvalue weighted by Gasteiger charge is -2.20. The normalized spacial score (nSPS) is 12.7. The summed E-state index contributed by atoms with van der Waals surface area (Å²) in [6, 6.07) is 3.65. The van der Waals surface area contributed by atoms with Gasteiger partial charge in [0.05, 0.1) is 24.6 Å².